The molecule has 1 aromatic heterocycles. The predicted molar refractivity (Wildman–Crippen MR) is 96.6 cm³/mol. The standard InChI is InChI=1S/C17H27BFN3O4/c1-12-11-22(16(23)26-17(2,3)4)8-7-21(12)6-5-13-9-14(18(24)25)15(19)20-10-13/h9-10,12,24-25H,5-8,11H2,1-4H3/t12-/m0/s1. The van der Waals surface area contributed by atoms with Crippen molar-refractivity contribution in [2.24, 2.45) is 0 Å². The molecule has 144 valence electrons. The van der Waals surface area contributed by atoms with Crippen molar-refractivity contribution in [3.63, 3.8) is 0 Å². The van der Waals surface area contributed by atoms with E-state index in [0.29, 0.717) is 32.6 Å². The molecule has 26 heavy (non-hydrogen) atoms. The number of pyridine rings is 1. The van der Waals surface area contributed by atoms with Crippen LogP contribution in [0.15, 0.2) is 12.3 Å². The molecule has 2 N–H and O–H groups in total. The number of carbonyl (C=O) groups is 1. The minimum absolute atomic E-state index is 0.160. The van der Waals surface area contributed by atoms with Gasteiger partial charge in [0.05, 0.1) is 0 Å². The maximum Gasteiger partial charge on any atom is 0.493 e. The van der Waals surface area contributed by atoms with Crippen LogP contribution in [0.5, 0.6) is 0 Å². The number of nitrogens with zero attached hydrogens (tertiary/aromatic N) is 3. The average Bonchev–Trinajstić information content (AvgIpc) is 2.53. The zero-order valence-corrected chi connectivity index (χ0v) is 15.8. The van der Waals surface area contributed by atoms with Gasteiger partial charge < -0.3 is 19.7 Å². The van der Waals surface area contributed by atoms with Gasteiger partial charge in [0.25, 0.3) is 0 Å². The van der Waals surface area contributed by atoms with Gasteiger partial charge in [-0.25, -0.2) is 9.78 Å². The van der Waals surface area contributed by atoms with Crippen molar-refractivity contribution in [1.82, 2.24) is 14.8 Å². The first-order chi connectivity index (χ1) is 12.1. The Kier molecular flexibility index (Phi) is 6.60. The quantitative estimate of drug-likeness (QED) is 0.591. The highest BCUT2D eigenvalue weighted by Crippen LogP contribution is 2.15. The molecule has 0 unspecified atom stereocenters. The average molecular weight is 367 g/mol. The van der Waals surface area contributed by atoms with Crippen LogP contribution in [0.4, 0.5) is 9.18 Å². The van der Waals surface area contributed by atoms with E-state index >= 15 is 0 Å². The Balaban J connectivity index is 1.89. The fourth-order valence-electron chi connectivity index (χ4n) is 2.92. The van der Waals surface area contributed by atoms with E-state index in [2.05, 4.69) is 9.88 Å². The van der Waals surface area contributed by atoms with Crippen molar-refractivity contribution in [1.29, 1.82) is 0 Å². The highest BCUT2D eigenvalue weighted by Gasteiger charge is 2.29. The minimum atomic E-state index is -1.88. The molecule has 2 heterocycles. The van der Waals surface area contributed by atoms with Crippen LogP contribution in [0.2, 0.25) is 0 Å². The van der Waals surface area contributed by atoms with Crippen molar-refractivity contribution in [2.75, 3.05) is 26.2 Å². The second-order valence-corrected chi connectivity index (χ2v) is 7.66. The van der Waals surface area contributed by atoms with E-state index in [-0.39, 0.29) is 17.6 Å². The van der Waals surface area contributed by atoms with Crippen molar-refractivity contribution in [2.45, 2.75) is 45.8 Å². The molecule has 0 spiro atoms. The zero-order chi connectivity index (χ0) is 19.5. The van der Waals surface area contributed by atoms with Gasteiger partial charge in [0, 0.05) is 43.9 Å². The Hall–Kier alpha value is -1.71. The molecule has 1 aliphatic rings. The molecular weight excluding hydrogens is 340 g/mol. The topological polar surface area (TPSA) is 86.1 Å². The lowest BCUT2D eigenvalue weighted by atomic mass is 9.80. The van der Waals surface area contributed by atoms with Crippen molar-refractivity contribution < 1.29 is 24.0 Å². The smallest absolute Gasteiger partial charge is 0.444 e. The molecule has 1 aromatic rings. The van der Waals surface area contributed by atoms with Crippen LogP contribution in [0, 0.1) is 5.95 Å². The van der Waals surface area contributed by atoms with Gasteiger partial charge in [0.15, 0.2) is 0 Å². The number of hydrogen-bond acceptors (Lipinski definition) is 6. The van der Waals surface area contributed by atoms with E-state index in [4.69, 9.17) is 14.8 Å². The first-order valence-corrected chi connectivity index (χ1v) is 8.79. The van der Waals surface area contributed by atoms with Crippen LogP contribution < -0.4 is 5.46 Å². The summed E-state index contributed by atoms with van der Waals surface area (Å²) in [5, 5.41) is 18.3. The fourth-order valence-corrected chi connectivity index (χ4v) is 2.92. The second-order valence-electron chi connectivity index (χ2n) is 7.66. The molecule has 1 fully saturated rings. The summed E-state index contributed by atoms with van der Waals surface area (Å²) in [5.41, 5.74) is 0.00345. The normalized spacial score (nSPS) is 18.7. The lowest BCUT2D eigenvalue weighted by Crippen LogP contribution is -2.54. The molecule has 0 radical (unpaired) electrons. The lowest BCUT2D eigenvalue weighted by molar-refractivity contribution is 0.00597. The zero-order valence-electron chi connectivity index (χ0n) is 15.8. The van der Waals surface area contributed by atoms with Crippen LogP contribution in [-0.4, -0.2) is 75.9 Å². The first-order valence-electron chi connectivity index (χ1n) is 8.79. The first kappa shape index (κ1) is 20.6. The number of aromatic nitrogens is 1. The van der Waals surface area contributed by atoms with Gasteiger partial charge in [-0.1, -0.05) is 6.07 Å². The summed E-state index contributed by atoms with van der Waals surface area (Å²) in [4.78, 5) is 19.7. The highest BCUT2D eigenvalue weighted by atomic mass is 19.1. The minimum Gasteiger partial charge on any atom is -0.444 e. The summed E-state index contributed by atoms with van der Waals surface area (Å²) in [6, 6.07) is 1.59. The van der Waals surface area contributed by atoms with E-state index in [1.54, 1.807) is 4.90 Å². The molecule has 1 saturated heterocycles. The van der Waals surface area contributed by atoms with Gasteiger partial charge >= 0.3 is 13.2 Å². The molecule has 1 aliphatic heterocycles. The Bertz CT molecular complexity index is 639. The molecule has 2 rings (SSSR count). The lowest BCUT2D eigenvalue weighted by Gasteiger charge is -2.40. The van der Waals surface area contributed by atoms with E-state index in [9.17, 15) is 9.18 Å². The maximum absolute atomic E-state index is 13.4. The van der Waals surface area contributed by atoms with E-state index in [0.717, 1.165) is 5.56 Å². The largest absolute Gasteiger partial charge is 0.493 e. The summed E-state index contributed by atoms with van der Waals surface area (Å²) in [6.45, 7) is 10.2. The second kappa shape index (κ2) is 8.32. The van der Waals surface area contributed by atoms with Crippen molar-refractivity contribution in [3.05, 3.63) is 23.8 Å². The molecule has 0 aromatic carbocycles. The van der Waals surface area contributed by atoms with Crippen LogP contribution >= 0.6 is 0 Å². The molecule has 9 heteroatoms. The SMILES string of the molecule is C[C@H]1CN(C(=O)OC(C)(C)C)CCN1CCc1cnc(F)c(B(O)O)c1. The summed E-state index contributed by atoms with van der Waals surface area (Å²) < 4.78 is 18.8. The van der Waals surface area contributed by atoms with Crippen LogP contribution in [0.3, 0.4) is 0 Å². The third-order valence-electron chi connectivity index (χ3n) is 4.31. The number of rotatable bonds is 4. The molecule has 1 atom stereocenters. The molecule has 7 nitrogen and oxygen atoms in total. The number of hydrogen-bond donors (Lipinski definition) is 2. The van der Waals surface area contributed by atoms with Gasteiger partial charge in [0.1, 0.15) is 5.60 Å². The molecule has 0 aliphatic carbocycles. The summed E-state index contributed by atoms with van der Waals surface area (Å²) in [7, 11) is -1.88. The Morgan fingerprint density at radius 1 is 1.42 bits per heavy atom. The third-order valence-corrected chi connectivity index (χ3v) is 4.31. The maximum atomic E-state index is 13.4. The van der Waals surface area contributed by atoms with E-state index < -0.39 is 18.7 Å². The van der Waals surface area contributed by atoms with E-state index in [1.165, 1.54) is 12.3 Å². The third kappa shape index (κ3) is 5.65. The van der Waals surface area contributed by atoms with Gasteiger partial charge in [-0.2, -0.15) is 4.39 Å². The van der Waals surface area contributed by atoms with Gasteiger partial charge in [0.2, 0.25) is 5.95 Å². The number of ether oxygens (including phenoxy) is 1. The number of piperazine rings is 1. The van der Waals surface area contributed by atoms with Crippen LogP contribution in [0.1, 0.15) is 33.3 Å². The monoisotopic (exact) mass is 367 g/mol. The number of halogens is 1. The van der Waals surface area contributed by atoms with Crippen molar-refractivity contribution in [3.8, 4) is 0 Å². The molecule has 1 amide bonds. The molecule has 0 saturated carbocycles. The van der Waals surface area contributed by atoms with Gasteiger partial charge in [-0.3, -0.25) is 4.90 Å². The number of carbonyl (C=O) groups excluding carboxylic acids is 1. The highest BCUT2D eigenvalue weighted by molar-refractivity contribution is 6.58. The van der Waals surface area contributed by atoms with Crippen molar-refractivity contribution >= 4 is 18.7 Å². The van der Waals surface area contributed by atoms with Gasteiger partial charge in [-0.15, -0.1) is 0 Å². The number of amides is 1. The van der Waals surface area contributed by atoms with Crippen LogP contribution in [0.25, 0.3) is 0 Å². The summed E-state index contributed by atoms with van der Waals surface area (Å²) >= 11 is 0. The Morgan fingerprint density at radius 3 is 2.69 bits per heavy atom. The Morgan fingerprint density at radius 2 is 2.12 bits per heavy atom. The Labute approximate surface area is 153 Å². The van der Waals surface area contributed by atoms with Crippen LogP contribution in [-0.2, 0) is 11.2 Å². The predicted octanol–water partition coefficient (Wildman–Crippen LogP) is 0.384. The fraction of sp³-hybridized carbons (Fsp3) is 0.647. The molecular formula is C17H27BFN3O4. The van der Waals surface area contributed by atoms with E-state index in [1.807, 2.05) is 27.7 Å². The summed E-state index contributed by atoms with van der Waals surface area (Å²) in [6.07, 6.45) is 1.71. The van der Waals surface area contributed by atoms with Gasteiger partial charge in [-0.05, 0) is 39.7 Å². The summed E-state index contributed by atoms with van der Waals surface area (Å²) in [5.74, 6) is -0.872. The molecule has 0 bridgehead atoms.